The van der Waals surface area contributed by atoms with Gasteiger partial charge in [0.25, 0.3) is 5.91 Å². The van der Waals surface area contributed by atoms with Gasteiger partial charge >= 0.3 is 0 Å². The highest BCUT2D eigenvalue weighted by Crippen LogP contribution is 2.23. The first kappa shape index (κ1) is 15.0. The van der Waals surface area contributed by atoms with Crippen LogP contribution in [0.25, 0.3) is 11.1 Å². The van der Waals surface area contributed by atoms with Crippen LogP contribution in [0.4, 0.5) is 0 Å². The van der Waals surface area contributed by atoms with Crippen molar-refractivity contribution in [2.45, 2.75) is 19.9 Å². The number of hydrogen-bond donors (Lipinski definition) is 2. The summed E-state index contributed by atoms with van der Waals surface area (Å²) in [5.41, 5.74) is 2.56. The first-order valence-corrected chi connectivity index (χ1v) is 7.49. The lowest BCUT2D eigenvalue weighted by atomic mass is 9.99. The molecule has 3 rings (SSSR count). The van der Waals surface area contributed by atoms with Crippen LogP contribution < -0.4 is 5.32 Å². The number of hydrogen-bond acceptors (Lipinski definition) is 3. The molecule has 0 spiro atoms. The molecular weight excluding hydrogens is 288 g/mol. The smallest absolute Gasteiger partial charge is 0.252 e. The van der Waals surface area contributed by atoms with E-state index in [4.69, 9.17) is 0 Å². The Bertz CT molecular complexity index is 811. The number of carbonyl (C=O) groups is 1. The molecule has 0 unspecified atom stereocenters. The van der Waals surface area contributed by atoms with Crippen molar-refractivity contribution in [2.75, 3.05) is 0 Å². The first-order chi connectivity index (χ1) is 11.1. The number of aromatic amines is 1. The average Bonchev–Trinajstić information content (AvgIpc) is 3.02. The third-order valence-electron chi connectivity index (χ3n) is 3.61. The Labute approximate surface area is 134 Å². The Morgan fingerprint density at radius 1 is 1.09 bits per heavy atom. The number of rotatable bonds is 4. The van der Waals surface area contributed by atoms with Gasteiger partial charge in [-0.05, 0) is 31.0 Å². The Hall–Kier alpha value is -2.95. The first-order valence-electron chi connectivity index (χ1n) is 7.49. The summed E-state index contributed by atoms with van der Waals surface area (Å²) < 4.78 is 0. The van der Waals surface area contributed by atoms with E-state index in [1.165, 1.54) is 0 Å². The predicted molar refractivity (Wildman–Crippen MR) is 88.9 cm³/mol. The maximum Gasteiger partial charge on any atom is 0.252 e. The zero-order valence-corrected chi connectivity index (χ0v) is 13.1. The van der Waals surface area contributed by atoms with Crippen molar-refractivity contribution in [3.8, 4) is 11.1 Å². The fourth-order valence-electron chi connectivity index (χ4n) is 2.44. The third-order valence-corrected chi connectivity index (χ3v) is 3.61. The number of nitrogens with zero attached hydrogens (tertiary/aromatic N) is 2. The maximum atomic E-state index is 12.7. The van der Waals surface area contributed by atoms with Crippen LogP contribution in [0.1, 0.15) is 35.0 Å². The summed E-state index contributed by atoms with van der Waals surface area (Å²) in [6.45, 7) is 3.70. The lowest BCUT2D eigenvalue weighted by Crippen LogP contribution is -2.27. The molecule has 0 radical (unpaired) electrons. The molecule has 0 aliphatic carbocycles. The number of benzene rings is 2. The van der Waals surface area contributed by atoms with Crippen LogP contribution in [0.3, 0.4) is 0 Å². The van der Waals surface area contributed by atoms with Gasteiger partial charge in [0, 0.05) is 5.56 Å². The second kappa shape index (κ2) is 6.44. The lowest BCUT2D eigenvalue weighted by Gasteiger charge is -2.13. The van der Waals surface area contributed by atoms with E-state index in [0.717, 1.165) is 17.0 Å². The molecule has 3 aromatic rings. The molecule has 1 atom stereocenters. The van der Waals surface area contributed by atoms with E-state index in [9.17, 15) is 4.79 Å². The van der Waals surface area contributed by atoms with Crippen LogP contribution in [0, 0.1) is 6.92 Å². The molecule has 116 valence electrons. The molecule has 2 N–H and O–H groups in total. The van der Waals surface area contributed by atoms with E-state index in [-0.39, 0.29) is 11.9 Å². The number of H-pyrrole nitrogens is 1. The summed E-state index contributed by atoms with van der Waals surface area (Å²) in [6, 6.07) is 17.2. The van der Waals surface area contributed by atoms with Crippen LogP contribution in [0.2, 0.25) is 0 Å². The molecule has 0 saturated heterocycles. The Kier molecular flexibility index (Phi) is 4.19. The van der Waals surface area contributed by atoms with Crippen LogP contribution in [-0.2, 0) is 0 Å². The van der Waals surface area contributed by atoms with Crippen LogP contribution in [0.5, 0.6) is 0 Å². The summed E-state index contributed by atoms with van der Waals surface area (Å²) >= 11 is 0. The minimum atomic E-state index is -0.267. The lowest BCUT2D eigenvalue weighted by molar-refractivity contribution is 0.0939. The SMILES string of the molecule is Cc1nc([C@H](C)NC(=O)c2ccccc2-c2ccccc2)n[nH]1. The third kappa shape index (κ3) is 3.29. The zero-order valence-electron chi connectivity index (χ0n) is 13.1. The van der Waals surface area contributed by atoms with Crippen molar-refractivity contribution < 1.29 is 4.79 Å². The monoisotopic (exact) mass is 306 g/mol. The number of aryl methyl sites for hydroxylation is 1. The summed E-state index contributed by atoms with van der Waals surface area (Å²) in [7, 11) is 0. The van der Waals surface area contributed by atoms with Gasteiger partial charge in [0.1, 0.15) is 5.82 Å². The highest BCUT2D eigenvalue weighted by atomic mass is 16.1. The van der Waals surface area contributed by atoms with E-state index in [2.05, 4.69) is 20.5 Å². The molecule has 0 fully saturated rings. The maximum absolute atomic E-state index is 12.7. The van der Waals surface area contributed by atoms with E-state index in [1.54, 1.807) is 0 Å². The number of carbonyl (C=O) groups excluding carboxylic acids is 1. The normalized spacial score (nSPS) is 11.9. The summed E-state index contributed by atoms with van der Waals surface area (Å²) in [5, 5.41) is 9.83. The molecule has 5 nitrogen and oxygen atoms in total. The minimum Gasteiger partial charge on any atom is -0.342 e. The molecule has 2 aromatic carbocycles. The van der Waals surface area contributed by atoms with Gasteiger partial charge in [-0.1, -0.05) is 48.5 Å². The fraction of sp³-hybridized carbons (Fsp3) is 0.167. The number of nitrogens with one attached hydrogen (secondary N) is 2. The van der Waals surface area contributed by atoms with Crippen LogP contribution in [0.15, 0.2) is 54.6 Å². The molecule has 23 heavy (non-hydrogen) atoms. The Balaban J connectivity index is 1.86. The molecule has 0 aliphatic heterocycles. The molecule has 5 heteroatoms. The largest absolute Gasteiger partial charge is 0.342 e. The average molecular weight is 306 g/mol. The van der Waals surface area contributed by atoms with Crippen molar-refractivity contribution in [3.05, 3.63) is 71.8 Å². The molecular formula is C18H18N4O. The highest BCUT2D eigenvalue weighted by molar-refractivity contribution is 6.01. The second-order valence-corrected chi connectivity index (χ2v) is 5.39. The van der Waals surface area contributed by atoms with E-state index in [1.807, 2.05) is 68.4 Å². The minimum absolute atomic E-state index is 0.139. The zero-order chi connectivity index (χ0) is 16.2. The second-order valence-electron chi connectivity index (χ2n) is 5.39. The number of aromatic nitrogens is 3. The molecule has 0 bridgehead atoms. The van der Waals surface area contributed by atoms with Crippen molar-refractivity contribution in [3.63, 3.8) is 0 Å². The van der Waals surface area contributed by atoms with E-state index < -0.39 is 0 Å². The van der Waals surface area contributed by atoms with Crippen molar-refractivity contribution in [2.24, 2.45) is 0 Å². The highest BCUT2D eigenvalue weighted by Gasteiger charge is 2.17. The number of amides is 1. The Morgan fingerprint density at radius 3 is 2.48 bits per heavy atom. The van der Waals surface area contributed by atoms with Crippen LogP contribution >= 0.6 is 0 Å². The standard InChI is InChI=1S/C18H18N4O/c1-12(17-20-13(2)21-22-17)19-18(23)16-11-7-6-10-15(16)14-8-4-3-5-9-14/h3-12H,1-2H3,(H,19,23)(H,20,21,22)/t12-/m0/s1. The Morgan fingerprint density at radius 2 is 1.78 bits per heavy atom. The molecule has 1 aromatic heterocycles. The molecule has 0 aliphatic rings. The predicted octanol–water partition coefficient (Wildman–Crippen LogP) is 3.27. The van der Waals surface area contributed by atoms with Gasteiger partial charge in [-0.3, -0.25) is 9.89 Å². The van der Waals surface area contributed by atoms with E-state index in [0.29, 0.717) is 11.4 Å². The molecule has 1 heterocycles. The van der Waals surface area contributed by atoms with Crippen LogP contribution in [-0.4, -0.2) is 21.1 Å². The van der Waals surface area contributed by atoms with Gasteiger partial charge in [-0.2, -0.15) is 5.10 Å². The summed E-state index contributed by atoms with van der Waals surface area (Å²) in [4.78, 5) is 16.9. The van der Waals surface area contributed by atoms with Crippen molar-refractivity contribution >= 4 is 5.91 Å². The molecule has 0 saturated carbocycles. The van der Waals surface area contributed by atoms with Gasteiger partial charge in [0.05, 0.1) is 6.04 Å². The summed E-state index contributed by atoms with van der Waals surface area (Å²) in [6.07, 6.45) is 0. The molecule has 1 amide bonds. The van der Waals surface area contributed by atoms with Gasteiger partial charge in [0.15, 0.2) is 5.82 Å². The topological polar surface area (TPSA) is 70.7 Å². The fourth-order valence-corrected chi connectivity index (χ4v) is 2.44. The summed E-state index contributed by atoms with van der Waals surface area (Å²) in [5.74, 6) is 1.17. The quantitative estimate of drug-likeness (QED) is 0.777. The van der Waals surface area contributed by atoms with Crippen molar-refractivity contribution in [1.29, 1.82) is 0 Å². The van der Waals surface area contributed by atoms with Crippen molar-refractivity contribution in [1.82, 2.24) is 20.5 Å². The van der Waals surface area contributed by atoms with Gasteiger partial charge in [0.2, 0.25) is 0 Å². The van der Waals surface area contributed by atoms with Gasteiger partial charge in [-0.25, -0.2) is 4.98 Å². The van der Waals surface area contributed by atoms with E-state index >= 15 is 0 Å². The van der Waals surface area contributed by atoms with Gasteiger partial charge in [-0.15, -0.1) is 0 Å². The van der Waals surface area contributed by atoms with Gasteiger partial charge < -0.3 is 5.32 Å².